The molecular formula is C36H47N5O9S. The molecular weight excluding hydrogens is 678 g/mol. The van der Waals surface area contributed by atoms with Crippen LogP contribution in [0.25, 0.3) is 6.08 Å². The summed E-state index contributed by atoms with van der Waals surface area (Å²) in [5, 5.41) is 8.05. The Morgan fingerprint density at radius 1 is 1.20 bits per heavy atom. The summed E-state index contributed by atoms with van der Waals surface area (Å²) < 4.78 is 38.8. The lowest BCUT2D eigenvalue weighted by molar-refractivity contribution is -0.152. The summed E-state index contributed by atoms with van der Waals surface area (Å²) >= 11 is 0. The van der Waals surface area contributed by atoms with Crippen molar-refractivity contribution < 1.29 is 41.9 Å². The molecule has 2 saturated carbocycles. The number of sulfonamides is 1. The molecule has 276 valence electrons. The van der Waals surface area contributed by atoms with Gasteiger partial charge in [0.1, 0.15) is 29.8 Å². The fourth-order valence-corrected chi connectivity index (χ4v) is 8.53. The van der Waals surface area contributed by atoms with Crippen molar-refractivity contribution in [3.05, 3.63) is 53.6 Å². The molecule has 4 amide bonds. The van der Waals surface area contributed by atoms with Gasteiger partial charge >= 0.3 is 12.1 Å². The topological polar surface area (TPSA) is 189 Å². The van der Waals surface area contributed by atoms with E-state index in [2.05, 4.69) is 27.3 Å². The molecule has 2 aliphatic carbocycles. The fraction of sp³-hybridized carbons (Fsp3) is 0.583. The first-order valence-corrected chi connectivity index (χ1v) is 19.5. The molecule has 1 saturated heterocycles. The highest BCUT2D eigenvalue weighted by Gasteiger charge is 2.62. The fourth-order valence-electron chi connectivity index (χ4n) is 7.17. The summed E-state index contributed by atoms with van der Waals surface area (Å²) in [5.74, 6) is -3.17. The van der Waals surface area contributed by atoms with Crippen LogP contribution in [0.15, 0.2) is 36.9 Å². The first kappa shape index (κ1) is 36.5. The number of benzene rings is 1. The van der Waals surface area contributed by atoms with Gasteiger partial charge in [-0.2, -0.15) is 0 Å². The number of allylic oxidation sites excluding steroid dienone is 1. The van der Waals surface area contributed by atoms with E-state index in [1.165, 1.54) is 11.0 Å². The Morgan fingerprint density at radius 2 is 2.00 bits per heavy atom. The summed E-state index contributed by atoms with van der Waals surface area (Å²) in [6.45, 7) is 6.15. The number of ether oxygens (including phenoxy) is 2. The predicted octanol–water partition coefficient (Wildman–Crippen LogP) is 1.97. The molecule has 4 aliphatic heterocycles. The van der Waals surface area contributed by atoms with E-state index in [0.29, 0.717) is 45.1 Å². The molecule has 1 unspecified atom stereocenters. The van der Waals surface area contributed by atoms with Gasteiger partial charge in [-0.25, -0.2) is 13.2 Å². The van der Waals surface area contributed by atoms with E-state index in [1.807, 2.05) is 37.3 Å². The van der Waals surface area contributed by atoms with Gasteiger partial charge in [0.05, 0.1) is 18.4 Å². The Morgan fingerprint density at radius 3 is 2.73 bits per heavy atom. The number of carbonyl (C=O) groups excluding carboxylic acids is 5. The maximum absolute atomic E-state index is 14.2. The van der Waals surface area contributed by atoms with E-state index in [4.69, 9.17) is 9.47 Å². The van der Waals surface area contributed by atoms with Crippen LogP contribution in [0.2, 0.25) is 0 Å². The molecule has 0 radical (unpaired) electrons. The van der Waals surface area contributed by atoms with Crippen LogP contribution in [-0.2, 0) is 51.6 Å². The Labute approximate surface area is 298 Å². The molecule has 6 bridgehead atoms. The zero-order valence-corrected chi connectivity index (χ0v) is 29.7. The third-order valence-electron chi connectivity index (χ3n) is 10.4. The third kappa shape index (κ3) is 8.14. The molecule has 6 atom stereocenters. The SMILES string of the molecule is C=C[C@@H]1C[C@]1(NC(=O)[C@@H]1C[C@@H]2CN1C(=O)[C@H](CCCC)NC(=O)OCCC/C=C/c1cccc3c1CNC(C3)C(=O)O2)C(=O)NS(=O)(=O)C1CC1. The van der Waals surface area contributed by atoms with Gasteiger partial charge in [-0.1, -0.05) is 56.2 Å². The van der Waals surface area contributed by atoms with E-state index in [-0.39, 0.29) is 32.4 Å². The van der Waals surface area contributed by atoms with Crippen molar-refractivity contribution in [2.45, 2.75) is 113 Å². The number of rotatable bonds is 9. The highest BCUT2D eigenvalue weighted by molar-refractivity contribution is 7.91. The molecule has 4 heterocycles. The van der Waals surface area contributed by atoms with Crippen LogP contribution in [-0.4, -0.2) is 91.3 Å². The number of alkyl carbamates (subject to hydrolysis) is 1. The number of nitrogens with one attached hydrogen (secondary N) is 4. The average molecular weight is 726 g/mol. The molecule has 7 rings (SSSR count). The van der Waals surface area contributed by atoms with Crippen LogP contribution in [0.1, 0.15) is 81.4 Å². The van der Waals surface area contributed by atoms with Gasteiger partial charge in [0.25, 0.3) is 5.91 Å². The van der Waals surface area contributed by atoms with Crippen molar-refractivity contribution >= 4 is 45.9 Å². The number of amides is 4. The van der Waals surface area contributed by atoms with Gasteiger partial charge in [-0.15, -0.1) is 6.58 Å². The monoisotopic (exact) mass is 725 g/mol. The normalized spacial score (nSPS) is 30.3. The lowest BCUT2D eigenvalue weighted by Gasteiger charge is -2.29. The van der Waals surface area contributed by atoms with Gasteiger partial charge < -0.3 is 25.0 Å². The maximum atomic E-state index is 14.2. The molecule has 0 spiro atoms. The van der Waals surface area contributed by atoms with Crippen LogP contribution in [0.3, 0.4) is 0 Å². The summed E-state index contributed by atoms with van der Waals surface area (Å²) in [5.41, 5.74) is 1.56. The number of nitrogens with zero attached hydrogens (tertiary/aromatic N) is 1. The van der Waals surface area contributed by atoms with Crippen LogP contribution in [0.5, 0.6) is 0 Å². The average Bonchev–Trinajstić information content (AvgIpc) is 4.04. The Kier molecular flexibility index (Phi) is 10.9. The number of unbranched alkanes of at least 4 members (excludes halogenated alkanes) is 1. The zero-order valence-electron chi connectivity index (χ0n) is 28.9. The minimum absolute atomic E-state index is 0.0661. The quantitative estimate of drug-likeness (QED) is 0.217. The molecule has 14 nitrogen and oxygen atoms in total. The van der Waals surface area contributed by atoms with Crippen molar-refractivity contribution in [1.82, 2.24) is 25.6 Å². The number of hydrogen-bond donors (Lipinski definition) is 4. The molecule has 1 aromatic rings. The predicted molar refractivity (Wildman–Crippen MR) is 186 cm³/mol. The van der Waals surface area contributed by atoms with Crippen molar-refractivity contribution in [1.29, 1.82) is 0 Å². The third-order valence-corrected chi connectivity index (χ3v) is 12.2. The van der Waals surface area contributed by atoms with Crippen molar-refractivity contribution in [3.63, 3.8) is 0 Å². The zero-order chi connectivity index (χ0) is 36.3. The highest BCUT2D eigenvalue weighted by Crippen LogP contribution is 2.45. The van der Waals surface area contributed by atoms with Crippen LogP contribution >= 0.6 is 0 Å². The first-order chi connectivity index (χ1) is 24.5. The number of esters is 1. The highest BCUT2D eigenvalue weighted by atomic mass is 32.2. The summed E-state index contributed by atoms with van der Waals surface area (Å²) in [6.07, 6.45) is 8.09. The van der Waals surface area contributed by atoms with Gasteiger partial charge in [0.15, 0.2) is 0 Å². The smallest absolute Gasteiger partial charge is 0.407 e. The second-order valence-corrected chi connectivity index (χ2v) is 16.1. The minimum atomic E-state index is -3.90. The molecule has 6 aliphatic rings. The molecule has 4 N–H and O–H groups in total. The standard InChI is InChI=1S/C36H47N5O9S/c1-3-5-13-28-32(43)41-21-25(18-30(41)31(42)39-36(19-24(36)4-2)34(45)40-51(47,48)26-14-15-26)50-33(44)29-17-23-12-9-11-22(27(23)20-37-29)10-7-6-8-16-49-35(46)38-28/h4,7,9-12,24-26,28-30,37H,2-3,5-6,8,13-21H2,1H3,(H,38,46)(H,39,42)(H,40,45)/b10-7+/t24-,25-,28+,29?,30+,36-/m1/s1. The lowest BCUT2D eigenvalue weighted by atomic mass is 9.92. The molecule has 51 heavy (non-hydrogen) atoms. The summed E-state index contributed by atoms with van der Waals surface area (Å²) in [7, 11) is -3.90. The van der Waals surface area contributed by atoms with Crippen molar-refractivity contribution in [3.8, 4) is 0 Å². The van der Waals surface area contributed by atoms with Gasteiger partial charge in [0, 0.05) is 18.9 Å². The van der Waals surface area contributed by atoms with Crippen molar-refractivity contribution in [2.24, 2.45) is 5.92 Å². The van der Waals surface area contributed by atoms with Crippen LogP contribution < -0.4 is 20.7 Å². The Balaban J connectivity index is 1.26. The van der Waals surface area contributed by atoms with Gasteiger partial charge in [-0.05, 0) is 61.6 Å². The van der Waals surface area contributed by atoms with Gasteiger partial charge in [0.2, 0.25) is 21.8 Å². The summed E-state index contributed by atoms with van der Waals surface area (Å²) in [6, 6.07) is 3.07. The first-order valence-electron chi connectivity index (χ1n) is 17.9. The van der Waals surface area contributed by atoms with Crippen molar-refractivity contribution in [2.75, 3.05) is 13.2 Å². The number of carbonyl (C=O) groups is 5. The second kappa shape index (κ2) is 15.2. The number of hydrogen-bond acceptors (Lipinski definition) is 10. The molecule has 1 aromatic carbocycles. The minimum Gasteiger partial charge on any atom is -0.459 e. The van der Waals surface area contributed by atoms with Crippen LogP contribution in [0, 0.1) is 5.92 Å². The summed E-state index contributed by atoms with van der Waals surface area (Å²) in [4.78, 5) is 69.4. The van der Waals surface area contributed by atoms with E-state index in [0.717, 1.165) is 23.1 Å². The second-order valence-electron chi connectivity index (χ2n) is 14.1. The van der Waals surface area contributed by atoms with Gasteiger partial charge in [-0.3, -0.25) is 29.2 Å². The van der Waals surface area contributed by atoms with E-state index in [9.17, 15) is 32.4 Å². The van der Waals surface area contributed by atoms with Crippen LogP contribution in [0.4, 0.5) is 4.79 Å². The van der Waals surface area contributed by atoms with E-state index in [1.54, 1.807) is 0 Å². The molecule has 3 fully saturated rings. The maximum Gasteiger partial charge on any atom is 0.407 e. The lowest BCUT2D eigenvalue weighted by Crippen LogP contribution is -2.58. The number of fused-ring (bicyclic) bond motifs is 10. The molecule has 0 aromatic heterocycles. The van der Waals surface area contributed by atoms with E-state index < -0.39 is 80.7 Å². The molecule has 15 heteroatoms. The van der Waals surface area contributed by atoms with E-state index >= 15 is 0 Å². The largest absolute Gasteiger partial charge is 0.459 e. The Hall–Kier alpha value is -4.24. The Bertz CT molecular complexity index is 1710.